The van der Waals surface area contributed by atoms with Crippen molar-refractivity contribution in [2.75, 3.05) is 26.2 Å². The van der Waals surface area contributed by atoms with Crippen molar-refractivity contribution in [3.63, 3.8) is 0 Å². The van der Waals surface area contributed by atoms with Crippen molar-refractivity contribution in [3.05, 3.63) is 23.9 Å². The van der Waals surface area contributed by atoms with Gasteiger partial charge in [0.05, 0.1) is 11.4 Å². The molecule has 0 radical (unpaired) electrons. The lowest BCUT2D eigenvalue weighted by Crippen LogP contribution is -2.70. The Balaban J connectivity index is 1.87. The standard InChI is InChI=1S/C18H25N5O/c19-16(24)18(8-4-5-14-15(18)22-13-21-14)17(6-2-1-3-7-17)23-11-9-20-10-12-23/h4-5,8,13,20H,1-3,6-7,9-12H2,(H2,19,24). The first-order valence-corrected chi connectivity index (χ1v) is 8.97. The Morgan fingerprint density at radius 1 is 1.21 bits per heavy atom. The molecule has 24 heavy (non-hydrogen) atoms. The van der Waals surface area contributed by atoms with Crippen LogP contribution >= 0.6 is 0 Å². The van der Waals surface area contributed by atoms with Crippen molar-refractivity contribution < 1.29 is 4.79 Å². The fourth-order valence-corrected chi connectivity index (χ4v) is 5.06. The van der Waals surface area contributed by atoms with Gasteiger partial charge in [0.2, 0.25) is 5.91 Å². The van der Waals surface area contributed by atoms with Crippen molar-refractivity contribution in [2.45, 2.75) is 37.6 Å². The summed E-state index contributed by atoms with van der Waals surface area (Å²) in [4.78, 5) is 24.3. The summed E-state index contributed by atoms with van der Waals surface area (Å²) >= 11 is 0. The van der Waals surface area contributed by atoms with Crippen molar-refractivity contribution in [2.24, 2.45) is 21.1 Å². The molecule has 1 saturated heterocycles. The van der Waals surface area contributed by atoms with E-state index in [0.29, 0.717) is 0 Å². The zero-order chi connectivity index (χ0) is 16.6. The number of fused-ring (bicyclic) bond motifs is 1. The number of nitrogens with one attached hydrogen (secondary N) is 1. The van der Waals surface area contributed by atoms with Gasteiger partial charge in [0, 0.05) is 31.7 Å². The summed E-state index contributed by atoms with van der Waals surface area (Å²) in [5.74, 6) is -0.297. The Labute approximate surface area is 142 Å². The summed E-state index contributed by atoms with van der Waals surface area (Å²) in [5, 5.41) is 3.42. The van der Waals surface area contributed by atoms with E-state index in [4.69, 9.17) is 5.73 Å². The number of hydrogen-bond donors (Lipinski definition) is 2. The molecule has 2 fully saturated rings. The number of carbonyl (C=O) groups is 1. The van der Waals surface area contributed by atoms with E-state index in [2.05, 4.69) is 20.2 Å². The Hall–Kier alpha value is -1.79. The molecule has 1 atom stereocenters. The van der Waals surface area contributed by atoms with Crippen LogP contribution in [0, 0.1) is 5.41 Å². The molecule has 4 aliphatic rings. The zero-order valence-electron chi connectivity index (χ0n) is 14.0. The fourth-order valence-electron chi connectivity index (χ4n) is 5.06. The summed E-state index contributed by atoms with van der Waals surface area (Å²) in [6.45, 7) is 3.78. The molecule has 0 aromatic carbocycles. The molecule has 0 bridgehead atoms. The summed E-state index contributed by atoms with van der Waals surface area (Å²) in [6.07, 6.45) is 12.9. The van der Waals surface area contributed by atoms with Gasteiger partial charge in [-0.25, -0.2) is 9.98 Å². The highest BCUT2D eigenvalue weighted by atomic mass is 16.1. The lowest BCUT2D eigenvalue weighted by Gasteiger charge is -2.57. The molecule has 128 valence electrons. The number of rotatable bonds is 3. The molecule has 6 nitrogen and oxygen atoms in total. The molecule has 1 unspecified atom stereocenters. The quantitative estimate of drug-likeness (QED) is 0.811. The van der Waals surface area contributed by atoms with E-state index in [1.54, 1.807) is 6.34 Å². The number of allylic oxidation sites excluding steroid dienone is 3. The molecule has 0 aromatic rings. The number of nitrogens with two attached hydrogens (primary N) is 1. The van der Waals surface area contributed by atoms with Gasteiger partial charge in [-0.2, -0.15) is 0 Å². The van der Waals surface area contributed by atoms with Gasteiger partial charge in [-0.05, 0) is 18.9 Å². The Morgan fingerprint density at radius 2 is 1.96 bits per heavy atom. The number of carbonyl (C=O) groups excluding carboxylic acids is 1. The Morgan fingerprint density at radius 3 is 2.67 bits per heavy atom. The lowest BCUT2D eigenvalue weighted by molar-refractivity contribution is -0.131. The highest BCUT2D eigenvalue weighted by Gasteiger charge is 2.61. The van der Waals surface area contributed by atoms with E-state index in [-0.39, 0.29) is 11.4 Å². The predicted octanol–water partition coefficient (Wildman–Crippen LogP) is 1.00. The molecular weight excluding hydrogens is 302 g/mol. The highest BCUT2D eigenvalue weighted by Crippen LogP contribution is 2.51. The maximum atomic E-state index is 12.9. The SMILES string of the molecule is NC(=O)C1(C2(N3CCNCC3)CCCCC2)C=CC=C2N=CN=C21. The molecular formula is C18H25N5O. The van der Waals surface area contributed by atoms with E-state index in [1.165, 1.54) is 6.42 Å². The van der Waals surface area contributed by atoms with Crippen LogP contribution in [-0.4, -0.2) is 54.6 Å². The first kappa shape index (κ1) is 15.7. The Bertz CT molecular complexity index is 650. The van der Waals surface area contributed by atoms with Crippen LogP contribution in [0.3, 0.4) is 0 Å². The van der Waals surface area contributed by atoms with Gasteiger partial charge in [0.1, 0.15) is 11.8 Å². The smallest absolute Gasteiger partial charge is 0.235 e. The van der Waals surface area contributed by atoms with Crippen molar-refractivity contribution >= 4 is 18.0 Å². The van der Waals surface area contributed by atoms with Crippen LogP contribution in [0.2, 0.25) is 0 Å². The highest BCUT2D eigenvalue weighted by molar-refractivity contribution is 6.23. The third-order valence-electron chi connectivity index (χ3n) is 6.13. The molecule has 0 spiro atoms. The summed E-state index contributed by atoms with van der Waals surface area (Å²) in [5.41, 5.74) is 6.45. The average molecular weight is 327 g/mol. The van der Waals surface area contributed by atoms with Crippen LogP contribution in [-0.2, 0) is 4.79 Å². The maximum Gasteiger partial charge on any atom is 0.235 e. The zero-order valence-corrected chi connectivity index (χ0v) is 14.0. The molecule has 2 aliphatic carbocycles. The van der Waals surface area contributed by atoms with E-state index in [9.17, 15) is 4.79 Å². The maximum absolute atomic E-state index is 12.9. The minimum absolute atomic E-state index is 0.290. The molecule has 1 saturated carbocycles. The van der Waals surface area contributed by atoms with E-state index < -0.39 is 5.41 Å². The van der Waals surface area contributed by atoms with Gasteiger partial charge in [-0.3, -0.25) is 9.69 Å². The van der Waals surface area contributed by atoms with Crippen LogP contribution in [0.25, 0.3) is 0 Å². The minimum Gasteiger partial charge on any atom is -0.369 e. The molecule has 3 N–H and O–H groups in total. The molecule has 1 amide bonds. The van der Waals surface area contributed by atoms with Crippen molar-refractivity contribution in [1.29, 1.82) is 0 Å². The normalized spacial score (nSPS) is 32.2. The van der Waals surface area contributed by atoms with Crippen LogP contribution in [0.15, 0.2) is 33.9 Å². The minimum atomic E-state index is -0.884. The van der Waals surface area contributed by atoms with Crippen LogP contribution < -0.4 is 11.1 Å². The summed E-state index contributed by atoms with van der Waals surface area (Å²) < 4.78 is 0. The molecule has 2 heterocycles. The first-order valence-electron chi connectivity index (χ1n) is 8.97. The molecule has 2 aliphatic heterocycles. The number of nitrogens with zero attached hydrogens (tertiary/aromatic N) is 3. The van der Waals surface area contributed by atoms with E-state index >= 15 is 0 Å². The predicted molar refractivity (Wildman–Crippen MR) is 95.0 cm³/mol. The third kappa shape index (κ3) is 2.06. The number of hydrogen-bond acceptors (Lipinski definition) is 5. The second kappa shape index (κ2) is 5.93. The number of aliphatic imine (C=N–C) groups is 2. The number of piperazine rings is 1. The topological polar surface area (TPSA) is 83.1 Å². The number of primary amides is 1. The van der Waals surface area contributed by atoms with Gasteiger partial charge < -0.3 is 11.1 Å². The van der Waals surface area contributed by atoms with Gasteiger partial charge >= 0.3 is 0 Å². The van der Waals surface area contributed by atoms with E-state index in [0.717, 1.165) is 63.3 Å². The van der Waals surface area contributed by atoms with Crippen LogP contribution in [0.5, 0.6) is 0 Å². The third-order valence-corrected chi connectivity index (χ3v) is 6.13. The van der Waals surface area contributed by atoms with Gasteiger partial charge in [0.15, 0.2) is 0 Å². The largest absolute Gasteiger partial charge is 0.369 e. The van der Waals surface area contributed by atoms with Gasteiger partial charge in [0.25, 0.3) is 0 Å². The first-order chi connectivity index (χ1) is 11.7. The summed E-state index contributed by atoms with van der Waals surface area (Å²) in [7, 11) is 0. The Kier molecular flexibility index (Phi) is 3.89. The number of amides is 1. The molecule has 6 heteroatoms. The average Bonchev–Trinajstić information content (AvgIpc) is 3.11. The summed E-state index contributed by atoms with van der Waals surface area (Å²) in [6, 6.07) is 0. The monoisotopic (exact) mass is 327 g/mol. The molecule has 0 aromatic heterocycles. The van der Waals surface area contributed by atoms with Gasteiger partial charge in [-0.15, -0.1) is 0 Å². The second-order valence-corrected chi connectivity index (χ2v) is 7.13. The van der Waals surface area contributed by atoms with Crippen LogP contribution in [0.1, 0.15) is 32.1 Å². The van der Waals surface area contributed by atoms with Crippen LogP contribution in [0.4, 0.5) is 0 Å². The van der Waals surface area contributed by atoms with Gasteiger partial charge in [-0.1, -0.05) is 31.4 Å². The molecule has 4 rings (SSSR count). The van der Waals surface area contributed by atoms with Crippen molar-refractivity contribution in [1.82, 2.24) is 10.2 Å². The van der Waals surface area contributed by atoms with Crippen molar-refractivity contribution in [3.8, 4) is 0 Å². The fraction of sp³-hybridized carbons (Fsp3) is 0.611. The second-order valence-electron chi connectivity index (χ2n) is 7.13. The lowest BCUT2D eigenvalue weighted by atomic mass is 9.57. The van der Waals surface area contributed by atoms with E-state index in [1.807, 2.05) is 18.2 Å².